The molecule has 0 atom stereocenters. The molecule has 0 spiro atoms. The van der Waals surface area contributed by atoms with Crippen LogP contribution in [0.4, 0.5) is 5.69 Å². The fourth-order valence-electron chi connectivity index (χ4n) is 3.85. The highest BCUT2D eigenvalue weighted by Crippen LogP contribution is 2.46. The zero-order valence-corrected chi connectivity index (χ0v) is 22.4. The number of allylic oxidation sites excluding steroid dienone is 2. The van der Waals surface area contributed by atoms with Crippen LogP contribution in [-0.2, 0) is 6.54 Å². The molecule has 0 saturated carbocycles. The number of anilines is 1. The molecule has 1 aromatic heterocycles. The van der Waals surface area contributed by atoms with E-state index in [4.69, 9.17) is 0 Å². The number of aryl methyl sites for hydroxylation is 1. The van der Waals surface area contributed by atoms with Gasteiger partial charge < -0.3 is 28.9 Å². The minimum Gasteiger partial charge on any atom is -1.00 e. The molecule has 2 nitrogen and oxygen atoms in total. The van der Waals surface area contributed by atoms with Crippen LogP contribution in [0, 0.1) is 0 Å². The Morgan fingerprint density at radius 3 is 2.55 bits per heavy atom. The summed E-state index contributed by atoms with van der Waals surface area (Å²) in [6, 6.07) is 17.6. The van der Waals surface area contributed by atoms with E-state index in [1.54, 1.807) is 0 Å². The maximum atomic E-state index is 2.50. The number of halogens is 1. The van der Waals surface area contributed by atoms with E-state index in [1.165, 1.54) is 62.1 Å². The minimum atomic E-state index is 0. The van der Waals surface area contributed by atoms with Gasteiger partial charge in [0.1, 0.15) is 4.70 Å². The predicted molar refractivity (Wildman–Crippen MR) is 133 cm³/mol. The molecule has 164 valence electrons. The van der Waals surface area contributed by atoms with Gasteiger partial charge in [0.15, 0.2) is 6.54 Å². The number of fused-ring (bicyclic) bond motifs is 2. The highest BCUT2D eigenvalue weighted by Gasteiger charge is 2.24. The van der Waals surface area contributed by atoms with Gasteiger partial charge in [0.25, 0.3) is 5.01 Å². The maximum Gasteiger partial charge on any atom is 0.263 e. The second-order valence-corrected chi connectivity index (χ2v) is 9.98. The lowest BCUT2D eigenvalue weighted by Crippen LogP contribution is -3.00. The monoisotopic (exact) mass is 562 g/mol. The van der Waals surface area contributed by atoms with Gasteiger partial charge in [-0.05, 0) is 43.2 Å². The summed E-state index contributed by atoms with van der Waals surface area (Å²) in [6.45, 7) is 8.93. The molecule has 1 aliphatic rings. The Morgan fingerprint density at radius 2 is 1.74 bits per heavy atom. The number of unbranched alkanes of at least 4 members (excludes halogenated alkanes) is 2. The second kappa shape index (κ2) is 11.5. The van der Waals surface area contributed by atoms with Gasteiger partial charge in [-0.2, -0.15) is 4.57 Å². The largest absolute Gasteiger partial charge is 1.00 e. The first-order valence-corrected chi connectivity index (χ1v) is 12.7. The van der Waals surface area contributed by atoms with Crippen molar-refractivity contribution in [3.63, 3.8) is 0 Å². The van der Waals surface area contributed by atoms with Crippen LogP contribution in [0.15, 0.2) is 70.1 Å². The van der Waals surface area contributed by atoms with Gasteiger partial charge in [0.2, 0.25) is 5.52 Å². The summed E-state index contributed by atoms with van der Waals surface area (Å²) < 4.78 is 3.87. The van der Waals surface area contributed by atoms with Gasteiger partial charge in [-0.3, -0.25) is 0 Å². The average Bonchev–Trinajstić information content (AvgIpc) is 3.27. The Bertz CT molecular complexity index is 1080. The topological polar surface area (TPSA) is 7.12 Å². The van der Waals surface area contributed by atoms with Crippen molar-refractivity contribution in [1.82, 2.24) is 0 Å². The Labute approximate surface area is 212 Å². The van der Waals surface area contributed by atoms with E-state index in [0.29, 0.717) is 0 Å². The van der Waals surface area contributed by atoms with Crippen LogP contribution >= 0.6 is 23.1 Å². The molecule has 0 bridgehead atoms. The van der Waals surface area contributed by atoms with Crippen LogP contribution in [0.5, 0.6) is 0 Å². The van der Waals surface area contributed by atoms with Gasteiger partial charge in [-0.15, -0.1) is 0 Å². The predicted octanol–water partition coefficient (Wildman–Crippen LogP) is 4.65. The van der Waals surface area contributed by atoms with Crippen molar-refractivity contribution in [2.45, 2.75) is 57.9 Å². The number of para-hydroxylation sites is 2. The van der Waals surface area contributed by atoms with E-state index in [9.17, 15) is 0 Å². The Kier molecular flexibility index (Phi) is 9.05. The summed E-state index contributed by atoms with van der Waals surface area (Å²) in [5.41, 5.74) is 4.02. The van der Waals surface area contributed by atoms with Crippen LogP contribution < -0.4 is 33.4 Å². The van der Waals surface area contributed by atoms with Crippen molar-refractivity contribution in [1.29, 1.82) is 0 Å². The van der Waals surface area contributed by atoms with Crippen molar-refractivity contribution in [2.24, 2.45) is 0 Å². The summed E-state index contributed by atoms with van der Waals surface area (Å²) in [4.78, 5) is 3.87. The Morgan fingerprint density at radius 1 is 1.00 bits per heavy atom. The number of aromatic nitrogens is 1. The van der Waals surface area contributed by atoms with Crippen molar-refractivity contribution in [2.75, 3.05) is 11.4 Å². The van der Waals surface area contributed by atoms with Crippen LogP contribution in [0.3, 0.4) is 0 Å². The molecule has 3 aromatic rings. The lowest BCUT2D eigenvalue weighted by atomic mass is 10.2. The minimum absolute atomic E-state index is 0. The van der Waals surface area contributed by atoms with Crippen molar-refractivity contribution in [3.8, 4) is 0 Å². The van der Waals surface area contributed by atoms with E-state index in [1.807, 2.05) is 23.1 Å². The van der Waals surface area contributed by atoms with E-state index in [2.05, 4.69) is 90.9 Å². The molecule has 0 fully saturated rings. The van der Waals surface area contributed by atoms with E-state index in [0.717, 1.165) is 13.1 Å². The molecule has 4 rings (SSSR count). The lowest BCUT2D eigenvalue weighted by molar-refractivity contribution is -0.669. The molecular formula is C26H31IN2S2. The standard InChI is InChI=1S/C26H31N2S2.HI/c1-4-6-16-27-21-12-8-10-14-23(21)29-25(27)18-20(3)19-26-28(17-7-5-2)22-13-9-11-15-24(22)30-26;/h8-15,18-19H,4-7,16-17H2,1-3H3;1H/q+1;/p-1. The van der Waals surface area contributed by atoms with Crippen molar-refractivity contribution < 1.29 is 28.5 Å². The number of hydrogen-bond acceptors (Lipinski definition) is 3. The molecule has 0 saturated heterocycles. The molecule has 0 aliphatic carbocycles. The average molecular weight is 563 g/mol. The molecule has 1 aliphatic heterocycles. The smallest absolute Gasteiger partial charge is 0.263 e. The molecule has 2 aromatic carbocycles. The van der Waals surface area contributed by atoms with Gasteiger partial charge >= 0.3 is 0 Å². The third-order valence-electron chi connectivity index (χ3n) is 5.45. The van der Waals surface area contributed by atoms with Crippen LogP contribution in [-0.4, -0.2) is 6.54 Å². The fraction of sp³-hybridized carbons (Fsp3) is 0.346. The van der Waals surface area contributed by atoms with E-state index in [-0.39, 0.29) is 24.0 Å². The number of hydrogen-bond donors (Lipinski definition) is 0. The molecule has 0 radical (unpaired) electrons. The molecule has 2 heterocycles. The number of thioether (sulfide) groups is 1. The normalized spacial score (nSPS) is 14.9. The molecule has 31 heavy (non-hydrogen) atoms. The zero-order chi connectivity index (χ0) is 20.9. The summed E-state index contributed by atoms with van der Waals surface area (Å²) >= 11 is 3.80. The first-order valence-electron chi connectivity index (χ1n) is 11.1. The van der Waals surface area contributed by atoms with Crippen LogP contribution in [0.2, 0.25) is 0 Å². The molecule has 0 amide bonds. The Hall–Kier alpha value is -1.31. The first kappa shape index (κ1) is 24.3. The number of benzene rings is 2. The van der Waals surface area contributed by atoms with E-state index < -0.39 is 0 Å². The molecular weight excluding hydrogens is 531 g/mol. The summed E-state index contributed by atoms with van der Waals surface area (Å²) in [5.74, 6) is 0. The van der Waals surface area contributed by atoms with Gasteiger partial charge in [0.05, 0.1) is 10.7 Å². The third-order valence-corrected chi connectivity index (χ3v) is 7.67. The lowest BCUT2D eigenvalue weighted by Gasteiger charge is -2.20. The van der Waals surface area contributed by atoms with Crippen molar-refractivity contribution >= 4 is 45.1 Å². The third kappa shape index (κ3) is 5.55. The van der Waals surface area contributed by atoms with E-state index >= 15 is 0 Å². The number of rotatable bonds is 8. The van der Waals surface area contributed by atoms with Gasteiger partial charge in [0, 0.05) is 30.0 Å². The molecule has 0 unspecified atom stereocenters. The SMILES string of the molecule is CCCCN1/C(=C/C(C)=C/c2sc3ccccc3[n+]2CCCC)Sc2ccccc21.[I-]. The van der Waals surface area contributed by atoms with Crippen molar-refractivity contribution in [3.05, 3.63) is 70.2 Å². The summed E-state index contributed by atoms with van der Waals surface area (Å²) in [5, 5.41) is 2.69. The highest BCUT2D eigenvalue weighted by molar-refractivity contribution is 8.03. The second-order valence-electron chi connectivity index (χ2n) is 7.86. The zero-order valence-electron chi connectivity index (χ0n) is 18.6. The van der Waals surface area contributed by atoms with Crippen LogP contribution in [0.25, 0.3) is 16.3 Å². The highest BCUT2D eigenvalue weighted by atomic mass is 127. The van der Waals surface area contributed by atoms with Gasteiger partial charge in [-0.25, -0.2) is 0 Å². The quantitative estimate of drug-likeness (QED) is 0.292. The fourth-order valence-corrected chi connectivity index (χ4v) is 6.24. The summed E-state index contributed by atoms with van der Waals surface area (Å²) in [7, 11) is 0. The first-order chi connectivity index (χ1) is 14.7. The number of nitrogens with zero attached hydrogens (tertiary/aromatic N) is 2. The Balaban J connectivity index is 0.00000272. The summed E-state index contributed by atoms with van der Waals surface area (Å²) in [6.07, 6.45) is 9.59. The number of thiazole rings is 1. The van der Waals surface area contributed by atoms with Gasteiger partial charge in [-0.1, -0.05) is 74.1 Å². The van der Waals surface area contributed by atoms with Crippen LogP contribution in [0.1, 0.15) is 51.5 Å². The molecule has 0 N–H and O–H groups in total. The molecule has 5 heteroatoms. The maximum absolute atomic E-state index is 2.50.